The summed E-state index contributed by atoms with van der Waals surface area (Å²) in [6.45, 7) is 13.5. The number of oxazole rings is 1. The van der Waals surface area contributed by atoms with Crippen molar-refractivity contribution in [1.82, 2.24) is 30.7 Å². The number of likely N-dealkylation sites (tertiary alicyclic amines) is 1. The molecule has 12 heteroatoms. The Balaban J connectivity index is 1.08. The molecule has 0 saturated carbocycles. The Hall–Kier alpha value is -3.48. The molecule has 3 aliphatic heterocycles. The van der Waals surface area contributed by atoms with Gasteiger partial charge in [0.1, 0.15) is 24.4 Å². The number of aryl methyl sites for hydroxylation is 1. The van der Waals surface area contributed by atoms with Crippen molar-refractivity contribution in [3.63, 3.8) is 0 Å². The van der Waals surface area contributed by atoms with Gasteiger partial charge in [-0.25, -0.2) is 4.98 Å². The molecule has 43 heavy (non-hydrogen) atoms. The van der Waals surface area contributed by atoms with Crippen LogP contribution >= 0.6 is 0 Å². The summed E-state index contributed by atoms with van der Waals surface area (Å²) in [4.78, 5) is 37.7. The van der Waals surface area contributed by atoms with E-state index in [9.17, 15) is 14.7 Å². The molecule has 1 saturated heterocycles. The lowest BCUT2D eigenvalue weighted by molar-refractivity contribution is -0.133. The second kappa shape index (κ2) is 13.0. The molecule has 2 unspecified atom stereocenters. The van der Waals surface area contributed by atoms with Gasteiger partial charge in [0.25, 0.3) is 0 Å². The second-order valence-electron chi connectivity index (χ2n) is 13.0. The van der Waals surface area contributed by atoms with Crippen LogP contribution in [0.5, 0.6) is 5.75 Å². The number of rotatable bonds is 9. The zero-order valence-corrected chi connectivity index (χ0v) is 25.9. The molecule has 0 aliphatic carbocycles. The average Bonchev–Trinajstić information content (AvgIpc) is 3.35. The van der Waals surface area contributed by atoms with Gasteiger partial charge < -0.3 is 29.8 Å². The summed E-state index contributed by atoms with van der Waals surface area (Å²) in [5.74, 6) is 2.21. The Morgan fingerprint density at radius 2 is 2.05 bits per heavy atom. The Morgan fingerprint density at radius 3 is 2.74 bits per heavy atom. The molecule has 0 radical (unpaired) electrons. The number of β-amino-alcohol motifs (C(OH)–C–C–N with tert-alkyl or cyclic N) is 1. The molecule has 1 aromatic carbocycles. The van der Waals surface area contributed by atoms with Crippen LogP contribution < -0.4 is 20.7 Å². The van der Waals surface area contributed by atoms with Gasteiger partial charge in [-0.2, -0.15) is 0 Å². The fourth-order valence-corrected chi connectivity index (χ4v) is 5.61. The molecular formula is C31H45N7O5. The highest BCUT2D eigenvalue weighted by Crippen LogP contribution is 2.26. The quantitative estimate of drug-likeness (QED) is 0.338. The van der Waals surface area contributed by atoms with E-state index in [0.717, 1.165) is 42.5 Å². The normalized spacial score (nSPS) is 21.8. The Bertz CT molecular complexity index is 1330. The molecular weight excluding hydrogens is 550 g/mol. The first-order valence-corrected chi connectivity index (χ1v) is 15.1. The lowest BCUT2D eigenvalue weighted by Crippen LogP contribution is -2.63. The van der Waals surface area contributed by atoms with Gasteiger partial charge in [-0.15, -0.1) is 0 Å². The zero-order chi connectivity index (χ0) is 30.7. The number of fused-ring (bicyclic) bond motifs is 1. The van der Waals surface area contributed by atoms with E-state index in [1.165, 1.54) is 17.5 Å². The number of aliphatic hydroxyl groups is 1. The van der Waals surface area contributed by atoms with Crippen LogP contribution in [0.2, 0.25) is 0 Å². The molecule has 3 atom stereocenters. The number of carbonyl (C=O) groups is 2. The largest absolute Gasteiger partial charge is 0.486 e. The molecule has 0 bridgehead atoms. The standard InChI is InChI=1S/C31H45N7O5/c1-19-27(43-18-33-19)17-42-25-7-6-22-13-37(9-8-21(22)10-25)16-24(40)12-32-29(41)26-11-28(36-30(35-26)31(3,4)5)34-23-14-38(15-23)20(2)39/h6-7,10,18,23-24,26,30,35,40H,8-9,11-17H2,1-5H3,(H,32,41)(H,34,36)/t24-,26?,30?/m0/s1. The SMILES string of the molecule is CC(=O)N1CC(NC2=NC(C(C)(C)C)NC(C(=O)NC[C@H](O)CN3CCc4cc(OCc5ocnc5C)ccc4C3)C2)C1. The maximum absolute atomic E-state index is 13.2. The molecule has 1 aromatic heterocycles. The van der Waals surface area contributed by atoms with Crippen molar-refractivity contribution in [2.75, 3.05) is 32.7 Å². The van der Waals surface area contributed by atoms with Gasteiger partial charge in [-0.1, -0.05) is 26.8 Å². The van der Waals surface area contributed by atoms with Gasteiger partial charge in [0.15, 0.2) is 12.2 Å². The third-order valence-corrected chi connectivity index (χ3v) is 8.34. The average molecular weight is 596 g/mol. The highest BCUT2D eigenvalue weighted by Gasteiger charge is 2.36. The Kier molecular flexibility index (Phi) is 9.38. The Labute approximate surface area is 253 Å². The minimum atomic E-state index is -0.695. The highest BCUT2D eigenvalue weighted by atomic mass is 16.5. The summed E-state index contributed by atoms with van der Waals surface area (Å²) in [6, 6.07) is 5.79. The number of nitrogens with one attached hydrogen (secondary N) is 3. The molecule has 234 valence electrons. The molecule has 2 amide bonds. The topological polar surface area (TPSA) is 145 Å². The minimum absolute atomic E-state index is 0.0661. The van der Waals surface area contributed by atoms with Crippen molar-refractivity contribution >= 4 is 17.6 Å². The first kappa shape index (κ1) is 31.0. The molecule has 5 rings (SSSR count). The van der Waals surface area contributed by atoms with Crippen LogP contribution in [0, 0.1) is 12.3 Å². The summed E-state index contributed by atoms with van der Waals surface area (Å²) < 4.78 is 11.3. The van der Waals surface area contributed by atoms with E-state index in [1.54, 1.807) is 11.8 Å². The number of aromatic nitrogens is 1. The van der Waals surface area contributed by atoms with E-state index >= 15 is 0 Å². The molecule has 3 aliphatic rings. The number of hydrogen-bond acceptors (Lipinski definition) is 10. The predicted molar refractivity (Wildman–Crippen MR) is 161 cm³/mol. The van der Waals surface area contributed by atoms with Crippen LogP contribution in [0.25, 0.3) is 0 Å². The minimum Gasteiger partial charge on any atom is -0.486 e. The monoisotopic (exact) mass is 595 g/mol. The number of amidine groups is 1. The molecule has 1 fully saturated rings. The van der Waals surface area contributed by atoms with Crippen molar-refractivity contribution in [3.8, 4) is 5.75 Å². The highest BCUT2D eigenvalue weighted by molar-refractivity contribution is 5.92. The summed E-state index contributed by atoms with van der Waals surface area (Å²) in [6.07, 6.45) is 1.78. The molecule has 4 heterocycles. The number of benzene rings is 1. The molecule has 2 aromatic rings. The van der Waals surface area contributed by atoms with Crippen molar-refractivity contribution in [2.45, 2.75) is 85.0 Å². The van der Waals surface area contributed by atoms with Crippen LogP contribution in [0.1, 0.15) is 56.7 Å². The van der Waals surface area contributed by atoms with Crippen LogP contribution in [-0.2, 0) is 29.2 Å². The van der Waals surface area contributed by atoms with Gasteiger partial charge >= 0.3 is 0 Å². The summed E-state index contributed by atoms with van der Waals surface area (Å²) in [7, 11) is 0. The predicted octanol–water partition coefficient (Wildman–Crippen LogP) is 1.35. The molecule has 12 nitrogen and oxygen atoms in total. The lowest BCUT2D eigenvalue weighted by atomic mass is 9.90. The first-order chi connectivity index (χ1) is 20.4. The van der Waals surface area contributed by atoms with Gasteiger partial charge in [-0.05, 0) is 42.0 Å². The fraction of sp³-hybridized carbons (Fsp3) is 0.613. The number of amides is 2. The summed E-state index contributed by atoms with van der Waals surface area (Å²) >= 11 is 0. The third-order valence-electron chi connectivity index (χ3n) is 8.34. The summed E-state index contributed by atoms with van der Waals surface area (Å²) in [5, 5.41) is 20.6. The number of hydrogen-bond donors (Lipinski definition) is 4. The van der Waals surface area contributed by atoms with E-state index < -0.39 is 12.1 Å². The Morgan fingerprint density at radius 1 is 1.26 bits per heavy atom. The van der Waals surface area contributed by atoms with E-state index in [1.807, 2.05) is 13.0 Å². The third kappa shape index (κ3) is 7.92. The molecule has 0 spiro atoms. The van der Waals surface area contributed by atoms with Crippen LogP contribution in [0.15, 0.2) is 34.0 Å². The lowest BCUT2D eigenvalue weighted by Gasteiger charge is -2.42. The van der Waals surface area contributed by atoms with E-state index in [2.05, 4.69) is 58.7 Å². The number of carbonyl (C=O) groups excluding carboxylic acids is 2. The second-order valence-corrected chi connectivity index (χ2v) is 13.0. The summed E-state index contributed by atoms with van der Waals surface area (Å²) in [5.41, 5.74) is 3.09. The smallest absolute Gasteiger partial charge is 0.237 e. The van der Waals surface area contributed by atoms with Crippen LogP contribution in [0.3, 0.4) is 0 Å². The van der Waals surface area contributed by atoms with Gasteiger partial charge in [0, 0.05) is 52.6 Å². The number of aliphatic imine (C=N–C) groups is 1. The van der Waals surface area contributed by atoms with E-state index in [4.69, 9.17) is 14.1 Å². The van der Waals surface area contributed by atoms with Gasteiger partial charge in [-0.3, -0.25) is 24.8 Å². The van der Waals surface area contributed by atoms with Gasteiger partial charge in [0.05, 0.1) is 23.9 Å². The van der Waals surface area contributed by atoms with Crippen LogP contribution in [-0.4, -0.2) is 94.6 Å². The van der Waals surface area contributed by atoms with E-state index in [-0.39, 0.29) is 36.0 Å². The number of nitrogens with zero attached hydrogens (tertiary/aromatic N) is 4. The van der Waals surface area contributed by atoms with Crippen molar-refractivity contribution in [1.29, 1.82) is 0 Å². The maximum atomic E-state index is 13.2. The van der Waals surface area contributed by atoms with E-state index in [0.29, 0.717) is 32.7 Å². The number of aliphatic hydroxyl groups excluding tert-OH is 1. The van der Waals surface area contributed by atoms with Crippen molar-refractivity contribution in [2.24, 2.45) is 10.4 Å². The first-order valence-electron chi connectivity index (χ1n) is 15.1. The van der Waals surface area contributed by atoms with Crippen molar-refractivity contribution in [3.05, 3.63) is 47.2 Å². The van der Waals surface area contributed by atoms with Gasteiger partial charge in [0.2, 0.25) is 11.8 Å². The number of ether oxygens (including phenoxy) is 1. The zero-order valence-electron chi connectivity index (χ0n) is 25.9. The van der Waals surface area contributed by atoms with Crippen LogP contribution in [0.4, 0.5) is 0 Å². The van der Waals surface area contributed by atoms with Crippen molar-refractivity contribution < 1.29 is 23.8 Å². The fourth-order valence-electron chi connectivity index (χ4n) is 5.61. The molecule has 4 N–H and O–H groups in total. The maximum Gasteiger partial charge on any atom is 0.237 e.